The molecule has 0 amide bonds. The zero-order valence-electron chi connectivity index (χ0n) is 12.9. The van der Waals surface area contributed by atoms with Gasteiger partial charge in [-0.3, -0.25) is 4.79 Å². The quantitative estimate of drug-likeness (QED) is 0.574. The Kier molecular flexibility index (Phi) is 5.83. The largest absolute Gasteiger partial charge is 0.494 e. The highest BCUT2D eigenvalue weighted by molar-refractivity contribution is 7.99. The summed E-state index contributed by atoms with van der Waals surface area (Å²) in [6.45, 7) is 2.62. The van der Waals surface area contributed by atoms with Crippen LogP contribution in [0.15, 0.2) is 29.4 Å². The van der Waals surface area contributed by atoms with E-state index < -0.39 is 0 Å². The van der Waals surface area contributed by atoms with Gasteiger partial charge in [0.05, 0.1) is 19.5 Å². The molecule has 0 radical (unpaired) electrons. The van der Waals surface area contributed by atoms with Crippen LogP contribution in [0.2, 0.25) is 0 Å². The minimum atomic E-state index is -0.277. The van der Waals surface area contributed by atoms with Crippen molar-refractivity contribution in [3.8, 4) is 5.75 Å². The highest BCUT2D eigenvalue weighted by Crippen LogP contribution is 2.18. The topological polar surface area (TPSA) is 66.2 Å². The predicted molar refractivity (Wildman–Crippen MR) is 84.2 cm³/mol. The fraction of sp³-hybridized carbons (Fsp3) is 0.400. The van der Waals surface area contributed by atoms with Gasteiger partial charge in [0.1, 0.15) is 11.6 Å². The molecular weight excluding hydrogens is 302 g/mol. The molecule has 7 heteroatoms. The molecule has 0 fully saturated rings. The number of hydrogen-bond donors (Lipinski definition) is 0. The number of nitrogens with zero attached hydrogens (tertiary/aromatic N) is 3. The summed E-state index contributed by atoms with van der Waals surface area (Å²) in [4.78, 5) is 11.2. The molecule has 0 N–H and O–H groups in total. The fourth-order valence-corrected chi connectivity index (χ4v) is 2.62. The number of thioether (sulfide) groups is 1. The van der Waals surface area contributed by atoms with Gasteiger partial charge in [-0.05, 0) is 24.6 Å². The second-order valence-corrected chi connectivity index (χ2v) is 5.52. The third kappa shape index (κ3) is 4.24. The lowest BCUT2D eigenvalue weighted by molar-refractivity contribution is -0.137. The van der Waals surface area contributed by atoms with Gasteiger partial charge in [0.2, 0.25) is 0 Å². The molecule has 0 aliphatic heterocycles. The van der Waals surface area contributed by atoms with E-state index in [1.165, 1.54) is 18.9 Å². The van der Waals surface area contributed by atoms with Gasteiger partial charge in [0, 0.05) is 13.5 Å². The standard InChI is InChI=1S/C15H19N3O3S/c1-4-21-12-7-5-11(6-8-12)9-13-16-17-15(18(13)2)22-10-14(19)20-3/h5-8H,4,9-10H2,1-3H3. The number of rotatable bonds is 7. The van der Waals surface area contributed by atoms with E-state index in [2.05, 4.69) is 14.9 Å². The van der Waals surface area contributed by atoms with E-state index >= 15 is 0 Å². The van der Waals surface area contributed by atoms with Crippen LogP contribution in [0.3, 0.4) is 0 Å². The van der Waals surface area contributed by atoms with Gasteiger partial charge in [-0.25, -0.2) is 0 Å². The molecule has 2 rings (SSSR count). The van der Waals surface area contributed by atoms with Crippen LogP contribution in [0.4, 0.5) is 0 Å². The number of benzene rings is 1. The normalized spacial score (nSPS) is 10.5. The molecule has 1 aromatic carbocycles. The lowest BCUT2D eigenvalue weighted by atomic mass is 10.1. The number of esters is 1. The Hall–Kier alpha value is -2.02. The first kappa shape index (κ1) is 16.4. The molecule has 0 aliphatic rings. The molecule has 0 atom stereocenters. The van der Waals surface area contributed by atoms with Crippen molar-refractivity contribution in [3.63, 3.8) is 0 Å². The first-order valence-corrected chi connectivity index (χ1v) is 7.92. The third-order valence-corrected chi connectivity index (χ3v) is 4.06. The highest BCUT2D eigenvalue weighted by atomic mass is 32.2. The van der Waals surface area contributed by atoms with Gasteiger partial charge in [-0.2, -0.15) is 0 Å². The molecule has 0 aliphatic carbocycles. The molecule has 0 saturated heterocycles. The zero-order chi connectivity index (χ0) is 15.9. The lowest BCUT2D eigenvalue weighted by Gasteiger charge is -2.05. The third-order valence-electron chi connectivity index (χ3n) is 3.07. The van der Waals surface area contributed by atoms with Gasteiger partial charge < -0.3 is 14.0 Å². The Labute approximate surface area is 133 Å². The number of ether oxygens (including phenoxy) is 2. The zero-order valence-corrected chi connectivity index (χ0v) is 13.7. The Morgan fingerprint density at radius 1 is 1.27 bits per heavy atom. The van der Waals surface area contributed by atoms with Crippen molar-refractivity contribution in [1.82, 2.24) is 14.8 Å². The summed E-state index contributed by atoms with van der Waals surface area (Å²) in [5.74, 6) is 1.65. The molecule has 22 heavy (non-hydrogen) atoms. The Morgan fingerprint density at radius 3 is 2.64 bits per heavy atom. The van der Waals surface area contributed by atoms with E-state index in [-0.39, 0.29) is 11.7 Å². The lowest BCUT2D eigenvalue weighted by Crippen LogP contribution is -2.05. The van der Waals surface area contributed by atoms with E-state index in [1.807, 2.05) is 42.8 Å². The van der Waals surface area contributed by atoms with Gasteiger partial charge in [0.25, 0.3) is 0 Å². The van der Waals surface area contributed by atoms with Crippen LogP contribution in [-0.4, -0.2) is 40.2 Å². The summed E-state index contributed by atoms with van der Waals surface area (Å²) in [6, 6.07) is 7.92. The summed E-state index contributed by atoms with van der Waals surface area (Å²) in [5, 5.41) is 8.99. The average Bonchev–Trinajstić information content (AvgIpc) is 2.87. The second-order valence-electron chi connectivity index (χ2n) is 4.58. The molecule has 6 nitrogen and oxygen atoms in total. The van der Waals surface area contributed by atoms with Crippen LogP contribution >= 0.6 is 11.8 Å². The first-order chi connectivity index (χ1) is 10.6. The highest BCUT2D eigenvalue weighted by Gasteiger charge is 2.12. The van der Waals surface area contributed by atoms with Gasteiger partial charge in [-0.15, -0.1) is 10.2 Å². The van der Waals surface area contributed by atoms with Crippen molar-refractivity contribution in [2.24, 2.45) is 7.05 Å². The minimum absolute atomic E-state index is 0.228. The van der Waals surface area contributed by atoms with Crippen molar-refractivity contribution < 1.29 is 14.3 Å². The van der Waals surface area contributed by atoms with Crippen molar-refractivity contribution in [3.05, 3.63) is 35.7 Å². The van der Waals surface area contributed by atoms with Gasteiger partial charge >= 0.3 is 5.97 Å². The van der Waals surface area contributed by atoms with Crippen LogP contribution in [0.1, 0.15) is 18.3 Å². The van der Waals surface area contributed by atoms with Crippen molar-refractivity contribution in [1.29, 1.82) is 0 Å². The average molecular weight is 321 g/mol. The van der Waals surface area contributed by atoms with E-state index in [1.54, 1.807) is 0 Å². The summed E-state index contributed by atoms with van der Waals surface area (Å²) < 4.78 is 11.9. The molecular formula is C15H19N3O3S. The second kappa shape index (κ2) is 7.84. The van der Waals surface area contributed by atoms with Crippen LogP contribution in [0, 0.1) is 0 Å². The van der Waals surface area contributed by atoms with Crippen molar-refractivity contribution in [2.45, 2.75) is 18.5 Å². The molecule has 0 unspecified atom stereocenters. The maximum Gasteiger partial charge on any atom is 0.316 e. The van der Waals surface area contributed by atoms with Gasteiger partial charge in [-0.1, -0.05) is 23.9 Å². The molecule has 0 saturated carbocycles. The molecule has 0 spiro atoms. The summed E-state index contributed by atoms with van der Waals surface area (Å²) in [5.41, 5.74) is 1.13. The van der Waals surface area contributed by atoms with Gasteiger partial charge in [0.15, 0.2) is 5.16 Å². The number of carbonyl (C=O) groups excluding carboxylic acids is 1. The SMILES string of the molecule is CCOc1ccc(Cc2nnc(SCC(=O)OC)n2C)cc1. The Bertz CT molecular complexity index is 625. The summed E-state index contributed by atoms with van der Waals surface area (Å²) in [6.07, 6.45) is 0.675. The van der Waals surface area contributed by atoms with E-state index in [4.69, 9.17) is 4.74 Å². The maximum absolute atomic E-state index is 11.2. The van der Waals surface area contributed by atoms with Crippen LogP contribution < -0.4 is 4.74 Å². The summed E-state index contributed by atoms with van der Waals surface area (Å²) >= 11 is 1.31. The van der Waals surface area contributed by atoms with Crippen LogP contribution in [0.25, 0.3) is 0 Å². The van der Waals surface area contributed by atoms with Crippen LogP contribution in [-0.2, 0) is 23.0 Å². The molecule has 1 aromatic heterocycles. The smallest absolute Gasteiger partial charge is 0.316 e. The molecule has 2 aromatic rings. The van der Waals surface area contributed by atoms with Crippen molar-refractivity contribution >= 4 is 17.7 Å². The van der Waals surface area contributed by atoms with E-state index in [0.717, 1.165) is 17.1 Å². The van der Waals surface area contributed by atoms with Crippen molar-refractivity contribution in [2.75, 3.05) is 19.5 Å². The molecule has 118 valence electrons. The number of carbonyl (C=O) groups is 1. The predicted octanol–water partition coefficient (Wildman–Crippen LogP) is 2.07. The number of methoxy groups -OCH3 is 1. The van der Waals surface area contributed by atoms with E-state index in [0.29, 0.717) is 18.2 Å². The number of aromatic nitrogens is 3. The first-order valence-electron chi connectivity index (χ1n) is 6.93. The summed E-state index contributed by atoms with van der Waals surface area (Å²) in [7, 11) is 3.26. The Morgan fingerprint density at radius 2 is 2.00 bits per heavy atom. The van der Waals surface area contributed by atoms with E-state index in [9.17, 15) is 4.79 Å². The molecule has 1 heterocycles. The molecule has 0 bridgehead atoms. The Balaban J connectivity index is 2.01. The minimum Gasteiger partial charge on any atom is -0.494 e. The fourth-order valence-electron chi connectivity index (χ4n) is 1.86. The maximum atomic E-state index is 11.2. The van der Waals surface area contributed by atoms with Crippen LogP contribution in [0.5, 0.6) is 5.75 Å². The number of hydrogen-bond acceptors (Lipinski definition) is 6. The monoisotopic (exact) mass is 321 g/mol.